The molecule has 0 aliphatic carbocycles. The average molecular weight is 309 g/mol. The van der Waals surface area contributed by atoms with Crippen molar-refractivity contribution >= 4 is 11.8 Å². The van der Waals surface area contributed by atoms with Gasteiger partial charge in [0.25, 0.3) is 11.8 Å². The van der Waals surface area contributed by atoms with E-state index in [1.54, 1.807) is 12.1 Å². The molecule has 0 unspecified atom stereocenters. The minimum atomic E-state index is -0.647. The molecule has 1 fully saturated rings. The molecule has 2 aromatic rings. The molecule has 2 atom stereocenters. The first-order chi connectivity index (χ1) is 11.0. The summed E-state index contributed by atoms with van der Waals surface area (Å²) in [4.78, 5) is 24.4. The number of amides is 2. The molecular formula is C18H19N3O2. The molecule has 0 bridgehead atoms. The molecule has 2 amide bonds. The van der Waals surface area contributed by atoms with Crippen LogP contribution in [0.15, 0.2) is 48.5 Å². The fourth-order valence-corrected chi connectivity index (χ4v) is 2.59. The number of aryl methyl sites for hydroxylation is 2. The monoisotopic (exact) mass is 309 g/mol. The summed E-state index contributed by atoms with van der Waals surface area (Å²) in [6, 6.07) is 14.2. The second-order valence-corrected chi connectivity index (χ2v) is 5.84. The number of hydrazine groups is 1. The lowest BCUT2D eigenvalue weighted by Crippen LogP contribution is -2.42. The van der Waals surface area contributed by atoms with Crippen molar-refractivity contribution in [1.29, 1.82) is 0 Å². The van der Waals surface area contributed by atoms with Gasteiger partial charge in [0.15, 0.2) is 0 Å². The Morgan fingerprint density at radius 1 is 0.957 bits per heavy atom. The van der Waals surface area contributed by atoms with Crippen molar-refractivity contribution in [3.63, 3.8) is 0 Å². The number of carbonyl (C=O) groups excluding carboxylic acids is 2. The molecule has 5 heteroatoms. The van der Waals surface area contributed by atoms with Gasteiger partial charge in [0, 0.05) is 5.56 Å². The second kappa shape index (κ2) is 6.22. The van der Waals surface area contributed by atoms with Crippen LogP contribution in [0, 0.1) is 13.8 Å². The number of carbonyl (C=O) groups is 2. The Labute approximate surface area is 135 Å². The van der Waals surface area contributed by atoms with Crippen LogP contribution in [-0.4, -0.2) is 17.9 Å². The Bertz CT molecular complexity index is 723. The zero-order chi connectivity index (χ0) is 16.4. The summed E-state index contributed by atoms with van der Waals surface area (Å²) in [6.45, 7) is 3.97. The Kier molecular flexibility index (Phi) is 4.12. The molecule has 3 N–H and O–H groups in total. The lowest BCUT2D eigenvalue weighted by atomic mass is 9.99. The lowest BCUT2D eigenvalue weighted by molar-refractivity contribution is -0.121. The summed E-state index contributed by atoms with van der Waals surface area (Å²) in [6.07, 6.45) is 0. The van der Waals surface area contributed by atoms with Crippen LogP contribution in [-0.2, 0) is 4.79 Å². The topological polar surface area (TPSA) is 70.2 Å². The first kappa shape index (κ1) is 15.2. The first-order valence-electron chi connectivity index (χ1n) is 7.54. The largest absolute Gasteiger partial charge is 0.338 e. The van der Waals surface area contributed by atoms with Crippen molar-refractivity contribution in [3.05, 3.63) is 70.8 Å². The predicted molar refractivity (Wildman–Crippen MR) is 87.6 cm³/mol. The third-order valence-electron chi connectivity index (χ3n) is 4.00. The van der Waals surface area contributed by atoms with Crippen molar-refractivity contribution in [2.45, 2.75) is 25.9 Å². The molecule has 0 radical (unpaired) electrons. The van der Waals surface area contributed by atoms with E-state index in [2.05, 4.69) is 16.2 Å². The van der Waals surface area contributed by atoms with E-state index in [0.29, 0.717) is 5.56 Å². The summed E-state index contributed by atoms with van der Waals surface area (Å²) in [5, 5.41) is 2.81. The maximum atomic E-state index is 12.4. The molecule has 1 aliphatic rings. The predicted octanol–water partition coefficient (Wildman–Crippen LogP) is 1.78. The Hall–Kier alpha value is -2.66. The normalized spacial score (nSPS) is 20.2. The lowest BCUT2D eigenvalue weighted by Gasteiger charge is -2.18. The van der Waals surface area contributed by atoms with Gasteiger partial charge in [-0.25, -0.2) is 5.43 Å². The van der Waals surface area contributed by atoms with Gasteiger partial charge in [-0.1, -0.05) is 47.5 Å². The first-order valence-corrected chi connectivity index (χ1v) is 7.54. The van der Waals surface area contributed by atoms with Crippen LogP contribution in [0.4, 0.5) is 0 Å². The van der Waals surface area contributed by atoms with Gasteiger partial charge >= 0.3 is 0 Å². The molecule has 1 saturated heterocycles. The fourth-order valence-electron chi connectivity index (χ4n) is 2.59. The minimum Gasteiger partial charge on any atom is -0.338 e. The summed E-state index contributed by atoms with van der Waals surface area (Å²) < 4.78 is 0. The second-order valence-electron chi connectivity index (χ2n) is 5.84. The van der Waals surface area contributed by atoms with E-state index in [9.17, 15) is 9.59 Å². The number of benzene rings is 2. The van der Waals surface area contributed by atoms with E-state index in [1.807, 2.05) is 50.2 Å². The van der Waals surface area contributed by atoms with Crippen LogP contribution in [0.2, 0.25) is 0 Å². The minimum absolute atomic E-state index is 0.240. The highest BCUT2D eigenvalue weighted by Gasteiger charge is 2.36. The number of rotatable bonds is 3. The van der Waals surface area contributed by atoms with Gasteiger partial charge in [0.05, 0.1) is 6.04 Å². The number of nitrogens with one attached hydrogen (secondary N) is 3. The molecular weight excluding hydrogens is 290 g/mol. The van der Waals surface area contributed by atoms with Crippen LogP contribution in [0.3, 0.4) is 0 Å². The Morgan fingerprint density at radius 3 is 2.13 bits per heavy atom. The Morgan fingerprint density at radius 2 is 1.52 bits per heavy atom. The van der Waals surface area contributed by atoms with Crippen molar-refractivity contribution in [2.24, 2.45) is 0 Å². The quantitative estimate of drug-likeness (QED) is 0.809. The molecule has 118 valence electrons. The number of hydrogen-bond acceptors (Lipinski definition) is 3. The molecule has 0 aromatic heterocycles. The molecule has 23 heavy (non-hydrogen) atoms. The molecule has 0 saturated carbocycles. The molecule has 0 spiro atoms. The molecule has 1 aliphatic heterocycles. The van der Waals surface area contributed by atoms with E-state index in [1.165, 1.54) is 0 Å². The fraction of sp³-hybridized carbons (Fsp3) is 0.222. The smallest absolute Gasteiger partial charge is 0.258 e. The summed E-state index contributed by atoms with van der Waals surface area (Å²) in [5.41, 5.74) is 9.25. The molecule has 1 heterocycles. The Balaban J connectivity index is 1.78. The third-order valence-corrected chi connectivity index (χ3v) is 4.00. The van der Waals surface area contributed by atoms with Crippen molar-refractivity contribution in [1.82, 2.24) is 16.2 Å². The van der Waals surface area contributed by atoms with Crippen LogP contribution >= 0.6 is 0 Å². The van der Waals surface area contributed by atoms with E-state index >= 15 is 0 Å². The SMILES string of the molecule is Cc1ccc(C(=O)N[C@H]2C(=O)NN[C@H]2c2ccc(C)cc2)cc1. The maximum Gasteiger partial charge on any atom is 0.258 e. The van der Waals surface area contributed by atoms with E-state index < -0.39 is 6.04 Å². The van der Waals surface area contributed by atoms with Crippen molar-refractivity contribution in [2.75, 3.05) is 0 Å². The highest BCUT2D eigenvalue weighted by Crippen LogP contribution is 2.21. The highest BCUT2D eigenvalue weighted by molar-refractivity contribution is 5.98. The van der Waals surface area contributed by atoms with E-state index in [4.69, 9.17) is 0 Å². The van der Waals surface area contributed by atoms with Crippen LogP contribution in [0.1, 0.15) is 33.1 Å². The van der Waals surface area contributed by atoms with E-state index in [0.717, 1.165) is 16.7 Å². The molecule has 3 rings (SSSR count). The summed E-state index contributed by atoms with van der Waals surface area (Å²) in [7, 11) is 0. The van der Waals surface area contributed by atoms with Gasteiger partial charge in [-0.2, -0.15) is 0 Å². The summed E-state index contributed by atoms with van der Waals surface area (Å²) >= 11 is 0. The number of hydrogen-bond donors (Lipinski definition) is 3. The van der Waals surface area contributed by atoms with Gasteiger partial charge < -0.3 is 5.32 Å². The molecule has 2 aromatic carbocycles. The zero-order valence-corrected chi connectivity index (χ0v) is 13.1. The van der Waals surface area contributed by atoms with Gasteiger partial charge in [0.2, 0.25) is 0 Å². The summed E-state index contributed by atoms with van der Waals surface area (Å²) in [5.74, 6) is -0.498. The third kappa shape index (κ3) is 3.24. The molecule has 5 nitrogen and oxygen atoms in total. The van der Waals surface area contributed by atoms with Gasteiger partial charge in [0.1, 0.15) is 6.04 Å². The van der Waals surface area contributed by atoms with Crippen molar-refractivity contribution < 1.29 is 9.59 Å². The van der Waals surface area contributed by atoms with Crippen LogP contribution < -0.4 is 16.2 Å². The van der Waals surface area contributed by atoms with Crippen LogP contribution in [0.5, 0.6) is 0 Å². The average Bonchev–Trinajstić information content (AvgIpc) is 2.90. The van der Waals surface area contributed by atoms with Crippen molar-refractivity contribution in [3.8, 4) is 0 Å². The van der Waals surface area contributed by atoms with Crippen LogP contribution in [0.25, 0.3) is 0 Å². The standard InChI is InChI=1S/C18H19N3O2/c1-11-3-7-13(8-4-11)15-16(18(23)21-20-15)19-17(22)14-9-5-12(2)6-10-14/h3-10,15-16,20H,1-2H3,(H,19,22)(H,21,23)/t15-,16+/m0/s1. The van der Waals surface area contributed by atoms with Gasteiger partial charge in [-0.3, -0.25) is 15.0 Å². The highest BCUT2D eigenvalue weighted by atomic mass is 16.2. The van der Waals surface area contributed by atoms with Gasteiger partial charge in [-0.15, -0.1) is 0 Å². The zero-order valence-electron chi connectivity index (χ0n) is 13.1. The maximum absolute atomic E-state index is 12.4. The van der Waals surface area contributed by atoms with Gasteiger partial charge in [-0.05, 0) is 31.5 Å². The van der Waals surface area contributed by atoms with E-state index in [-0.39, 0.29) is 17.9 Å².